The van der Waals surface area contributed by atoms with E-state index in [1.165, 1.54) is 12.1 Å². The molecule has 0 saturated carbocycles. The number of hydroxylamine groups is 2. The molecule has 0 N–H and O–H groups in total. The number of alkyl halides is 3. The zero-order valence-corrected chi connectivity index (χ0v) is 12.6. The largest absolute Gasteiger partial charge is 0.417 e. The highest BCUT2D eigenvalue weighted by Gasteiger charge is 2.37. The second-order valence-corrected chi connectivity index (χ2v) is 5.28. The number of carbonyl (C=O) groups is 2. The maximum atomic E-state index is 12.6. The van der Waals surface area contributed by atoms with E-state index in [1.54, 1.807) is 12.1 Å². The Hall–Kier alpha value is -2.45. The minimum Gasteiger partial charge on any atom is -0.266 e. The van der Waals surface area contributed by atoms with Gasteiger partial charge < -0.3 is 0 Å². The standard InChI is InChI=1S/C15H8ClF3N2O3/c16-11-5-8(15(17,18)19)6-20-12(11)7-24-21-13(22)9-3-1-2-4-10(9)14(21)23/h1-6H,7H2. The van der Waals surface area contributed by atoms with Crippen LogP contribution in [-0.4, -0.2) is 21.9 Å². The van der Waals surface area contributed by atoms with Crippen LogP contribution in [0.25, 0.3) is 0 Å². The average molecular weight is 357 g/mol. The summed E-state index contributed by atoms with van der Waals surface area (Å²) in [4.78, 5) is 32.8. The zero-order chi connectivity index (χ0) is 17.5. The molecule has 5 nitrogen and oxygen atoms in total. The van der Waals surface area contributed by atoms with E-state index < -0.39 is 30.2 Å². The fraction of sp³-hybridized carbons (Fsp3) is 0.133. The molecule has 0 aliphatic carbocycles. The van der Waals surface area contributed by atoms with Crippen molar-refractivity contribution in [3.8, 4) is 0 Å². The Balaban J connectivity index is 1.76. The summed E-state index contributed by atoms with van der Waals surface area (Å²) in [5, 5.41) is 0.266. The molecule has 1 aliphatic rings. The summed E-state index contributed by atoms with van der Waals surface area (Å²) in [6, 6.07) is 6.85. The molecule has 24 heavy (non-hydrogen) atoms. The third-order valence-electron chi connectivity index (χ3n) is 3.33. The van der Waals surface area contributed by atoms with Crippen molar-refractivity contribution in [3.63, 3.8) is 0 Å². The first-order valence-electron chi connectivity index (χ1n) is 6.61. The predicted molar refractivity (Wildman–Crippen MR) is 76.0 cm³/mol. The van der Waals surface area contributed by atoms with E-state index in [9.17, 15) is 22.8 Å². The number of carbonyl (C=O) groups excluding carboxylic acids is 2. The van der Waals surface area contributed by atoms with Gasteiger partial charge in [-0.15, -0.1) is 5.06 Å². The highest BCUT2D eigenvalue weighted by Crippen LogP contribution is 2.31. The summed E-state index contributed by atoms with van der Waals surface area (Å²) >= 11 is 5.75. The van der Waals surface area contributed by atoms with E-state index in [0.717, 1.165) is 0 Å². The summed E-state index contributed by atoms with van der Waals surface area (Å²) in [5.74, 6) is -1.31. The molecule has 0 fully saturated rings. The van der Waals surface area contributed by atoms with Crippen LogP contribution in [0.1, 0.15) is 32.0 Å². The number of fused-ring (bicyclic) bond motifs is 1. The van der Waals surface area contributed by atoms with E-state index in [2.05, 4.69) is 4.98 Å². The van der Waals surface area contributed by atoms with Crippen molar-refractivity contribution in [1.82, 2.24) is 10.0 Å². The van der Waals surface area contributed by atoms with Gasteiger partial charge in [-0.3, -0.25) is 19.4 Å². The van der Waals surface area contributed by atoms with Crippen molar-refractivity contribution in [2.24, 2.45) is 0 Å². The number of amides is 2. The summed E-state index contributed by atoms with van der Waals surface area (Å²) in [7, 11) is 0. The van der Waals surface area contributed by atoms with Crippen molar-refractivity contribution in [2.45, 2.75) is 12.8 Å². The minimum absolute atomic E-state index is 0.0266. The van der Waals surface area contributed by atoms with Gasteiger partial charge in [-0.25, -0.2) is 0 Å². The third kappa shape index (κ3) is 2.85. The van der Waals surface area contributed by atoms with Crippen LogP contribution >= 0.6 is 11.6 Å². The number of nitrogens with zero attached hydrogens (tertiary/aromatic N) is 2. The molecule has 9 heteroatoms. The van der Waals surface area contributed by atoms with Gasteiger partial charge in [0, 0.05) is 6.20 Å². The smallest absolute Gasteiger partial charge is 0.266 e. The Kier molecular flexibility index (Phi) is 4.02. The van der Waals surface area contributed by atoms with Crippen LogP contribution in [0.5, 0.6) is 0 Å². The monoisotopic (exact) mass is 356 g/mol. The fourth-order valence-corrected chi connectivity index (χ4v) is 2.36. The molecule has 124 valence electrons. The molecular weight excluding hydrogens is 349 g/mol. The van der Waals surface area contributed by atoms with Crippen molar-refractivity contribution < 1.29 is 27.6 Å². The van der Waals surface area contributed by atoms with Crippen molar-refractivity contribution in [2.75, 3.05) is 0 Å². The van der Waals surface area contributed by atoms with Crippen LogP contribution in [-0.2, 0) is 17.6 Å². The molecule has 2 aromatic rings. The fourth-order valence-electron chi connectivity index (χ4n) is 2.14. The van der Waals surface area contributed by atoms with Crippen LogP contribution in [0, 0.1) is 0 Å². The predicted octanol–water partition coefficient (Wildman–Crippen LogP) is 3.48. The highest BCUT2D eigenvalue weighted by atomic mass is 35.5. The minimum atomic E-state index is -4.57. The van der Waals surface area contributed by atoms with Gasteiger partial charge >= 0.3 is 6.18 Å². The quantitative estimate of drug-likeness (QED) is 0.790. The van der Waals surface area contributed by atoms with Gasteiger partial charge in [0.25, 0.3) is 11.8 Å². The summed E-state index contributed by atoms with van der Waals surface area (Å²) < 4.78 is 37.7. The number of hydrogen-bond donors (Lipinski definition) is 0. The second kappa shape index (κ2) is 5.88. The number of pyridine rings is 1. The summed E-state index contributed by atoms with van der Waals surface area (Å²) in [6.45, 7) is -0.428. The van der Waals surface area contributed by atoms with E-state index in [-0.39, 0.29) is 21.8 Å². The molecule has 0 saturated heterocycles. The van der Waals surface area contributed by atoms with Gasteiger partial charge in [-0.05, 0) is 18.2 Å². The molecule has 0 bridgehead atoms. The van der Waals surface area contributed by atoms with Crippen LogP contribution < -0.4 is 0 Å². The Morgan fingerprint density at radius 3 is 2.21 bits per heavy atom. The topological polar surface area (TPSA) is 59.5 Å². The number of imide groups is 1. The molecule has 1 aromatic carbocycles. The van der Waals surface area contributed by atoms with Gasteiger partial charge in [-0.2, -0.15) is 13.2 Å². The molecule has 0 atom stereocenters. The molecule has 3 rings (SSSR count). The first-order chi connectivity index (χ1) is 11.3. The zero-order valence-electron chi connectivity index (χ0n) is 11.8. The van der Waals surface area contributed by atoms with E-state index in [0.29, 0.717) is 17.3 Å². The van der Waals surface area contributed by atoms with E-state index in [1.807, 2.05) is 0 Å². The lowest BCUT2D eigenvalue weighted by atomic mass is 10.1. The Labute approximate surface area is 138 Å². The van der Waals surface area contributed by atoms with Gasteiger partial charge in [0.15, 0.2) is 0 Å². The molecule has 1 aromatic heterocycles. The van der Waals surface area contributed by atoms with Crippen molar-refractivity contribution in [1.29, 1.82) is 0 Å². The molecule has 1 aliphatic heterocycles. The van der Waals surface area contributed by atoms with E-state index >= 15 is 0 Å². The molecule has 0 radical (unpaired) electrons. The number of aromatic nitrogens is 1. The molecule has 0 spiro atoms. The lowest BCUT2D eigenvalue weighted by Gasteiger charge is -2.14. The summed E-state index contributed by atoms with van der Waals surface area (Å²) in [6.07, 6.45) is -3.97. The van der Waals surface area contributed by atoms with Gasteiger partial charge in [0.2, 0.25) is 0 Å². The summed E-state index contributed by atoms with van der Waals surface area (Å²) in [5.41, 5.74) is -0.652. The first-order valence-corrected chi connectivity index (χ1v) is 6.99. The Morgan fingerprint density at radius 1 is 1.12 bits per heavy atom. The SMILES string of the molecule is O=C1c2ccccc2C(=O)N1OCc1ncc(C(F)(F)F)cc1Cl. The molecule has 2 amide bonds. The van der Waals surface area contributed by atoms with Gasteiger partial charge in [-0.1, -0.05) is 23.7 Å². The van der Waals surface area contributed by atoms with Crippen LogP contribution in [0.3, 0.4) is 0 Å². The van der Waals surface area contributed by atoms with E-state index in [4.69, 9.17) is 16.4 Å². The molecule has 0 unspecified atom stereocenters. The lowest BCUT2D eigenvalue weighted by molar-refractivity contribution is -0.137. The Morgan fingerprint density at radius 2 is 1.71 bits per heavy atom. The van der Waals surface area contributed by atoms with Gasteiger partial charge in [0.1, 0.15) is 6.61 Å². The number of benzene rings is 1. The van der Waals surface area contributed by atoms with Crippen molar-refractivity contribution >= 4 is 23.4 Å². The second-order valence-electron chi connectivity index (χ2n) is 4.87. The molecular formula is C15H8ClF3N2O3. The van der Waals surface area contributed by atoms with Crippen LogP contribution in [0.15, 0.2) is 36.5 Å². The van der Waals surface area contributed by atoms with Crippen LogP contribution in [0.2, 0.25) is 5.02 Å². The number of hydrogen-bond acceptors (Lipinski definition) is 4. The maximum Gasteiger partial charge on any atom is 0.417 e. The van der Waals surface area contributed by atoms with Crippen molar-refractivity contribution in [3.05, 3.63) is 63.9 Å². The Bertz CT molecular complexity index is 804. The number of rotatable bonds is 3. The highest BCUT2D eigenvalue weighted by molar-refractivity contribution is 6.31. The number of halogens is 4. The lowest BCUT2D eigenvalue weighted by Crippen LogP contribution is -2.30. The maximum absolute atomic E-state index is 12.6. The van der Waals surface area contributed by atoms with Gasteiger partial charge in [0.05, 0.1) is 27.4 Å². The molecule has 2 heterocycles. The third-order valence-corrected chi connectivity index (χ3v) is 3.66. The first kappa shape index (κ1) is 16.4. The van der Waals surface area contributed by atoms with Crippen LogP contribution in [0.4, 0.5) is 13.2 Å². The normalized spacial score (nSPS) is 14.2. The average Bonchev–Trinajstić information content (AvgIpc) is 2.77.